The van der Waals surface area contributed by atoms with Crippen LogP contribution in [-0.4, -0.2) is 29.2 Å². The van der Waals surface area contributed by atoms with Gasteiger partial charge in [-0.25, -0.2) is 4.98 Å². The third kappa shape index (κ3) is 4.48. The van der Waals surface area contributed by atoms with Crippen molar-refractivity contribution in [3.05, 3.63) is 70.7 Å². The van der Waals surface area contributed by atoms with Crippen LogP contribution in [0.15, 0.2) is 59.0 Å². The molecular formula is C24H18ClN3O4S. The second-order valence-corrected chi connectivity index (χ2v) is 8.27. The van der Waals surface area contributed by atoms with E-state index in [0.717, 1.165) is 11.1 Å². The van der Waals surface area contributed by atoms with Crippen molar-refractivity contribution in [2.75, 3.05) is 18.5 Å². The predicted molar refractivity (Wildman–Crippen MR) is 130 cm³/mol. The fraction of sp³-hybridized carbons (Fsp3) is 0.125. The zero-order chi connectivity index (χ0) is 22.9. The summed E-state index contributed by atoms with van der Waals surface area (Å²) in [4.78, 5) is 17.1. The predicted octanol–water partition coefficient (Wildman–Crippen LogP) is 5.35. The lowest BCUT2D eigenvalue weighted by molar-refractivity contribution is 0.0976. The summed E-state index contributed by atoms with van der Waals surface area (Å²) in [6.45, 7) is 2.91. The highest BCUT2D eigenvalue weighted by molar-refractivity contribution is 7.80. The number of thiocarbonyl (C=S) groups is 1. The van der Waals surface area contributed by atoms with Crippen molar-refractivity contribution >= 4 is 51.6 Å². The quantitative estimate of drug-likeness (QED) is 0.383. The summed E-state index contributed by atoms with van der Waals surface area (Å²) in [5, 5.41) is 6.28. The highest BCUT2D eigenvalue weighted by Crippen LogP contribution is 2.33. The average molecular weight is 480 g/mol. The number of nitrogens with zero attached hydrogens (tertiary/aromatic N) is 1. The zero-order valence-electron chi connectivity index (χ0n) is 17.5. The van der Waals surface area contributed by atoms with Gasteiger partial charge in [-0.15, -0.1) is 0 Å². The van der Waals surface area contributed by atoms with Crippen LogP contribution in [0.4, 0.5) is 5.69 Å². The van der Waals surface area contributed by atoms with Gasteiger partial charge in [0, 0.05) is 11.3 Å². The molecule has 0 radical (unpaired) electrons. The molecule has 166 valence electrons. The van der Waals surface area contributed by atoms with Crippen molar-refractivity contribution in [1.29, 1.82) is 0 Å². The van der Waals surface area contributed by atoms with Crippen LogP contribution in [0.25, 0.3) is 22.6 Å². The topological polar surface area (TPSA) is 85.6 Å². The molecule has 0 saturated carbocycles. The first-order chi connectivity index (χ1) is 16.0. The number of benzene rings is 3. The number of aromatic nitrogens is 1. The molecule has 1 aromatic heterocycles. The number of hydrogen-bond donors (Lipinski definition) is 2. The van der Waals surface area contributed by atoms with E-state index in [9.17, 15) is 4.79 Å². The van der Waals surface area contributed by atoms with Gasteiger partial charge in [0.15, 0.2) is 22.2 Å². The molecule has 1 aliphatic rings. The SMILES string of the molecule is Cc1ccc2nc(-c3cc(NC(=S)NC(=O)c4ccc5c(c4)OCCO5)ccc3Cl)oc2c1. The van der Waals surface area contributed by atoms with E-state index in [1.165, 1.54) is 0 Å². The number of aryl methyl sites for hydroxylation is 1. The van der Waals surface area contributed by atoms with E-state index in [-0.39, 0.29) is 11.0 Å². The molecule has 7 nitrogen and oxygen atoms in total. The van der Waals surface area contributed by atoms with Gasteiger partial charge in [0.1, 0.15) is 18.7 Å². The molecule has 1 aliphatic heterocycles. The zero-order valence-corrected chi connectivity index (χ0v) is 19.0. The van der Waals surface area contributed by atoms with E-state index in [4.69, 9.17) is 37.7 Å². The number of nitrogens with one attached hydrogen (secondary N) is 2. The Hall–Kier alpha value is -3.62. The number of ether oxygens (including phenoxy) is 2. The Bertz CT molecular complexity index is 1400. The van der Waals surface area contributed by atoms with Crippen LogP contribution in [-0.2, 0) is 0 Å². The number of hydrogen-bond acceptors (Lipinski definition) is 6. The lowest BCUT2D eigenvalue weighted by Gasteiger charge is -2.18. The van der Waals surface area contributed by atoms with Gasteiger partial charge in [-0.05, 0) is 73.2 Å². The number of anilines is 1. The molecule has 1 amide bonds. The maximum Gasteiger partial charge on any atom is 0.257 e. The number of fused-ring (bicyclic) bond motifs is 2. The maximum atomic E-state index is 12.6. The van der Waals surface area contributed by atoms with Gasteiger partial charge in [0.2, 0.25) is 5.89 Å². The fourth-order valence-corrected chi connectivity index (χ4v) is 3.85. The minimum Gasteiger partial charge on any atom is -0.486 e. The van der Waals surface area contributed by atoms with E-state index < -0.39 is 0 Å². The minimum atomic E-state index is -0.368. The van der Waals surface area contributed by atoms with Crippen molar-refractivity contribution in [1.82, 2.24) is 10.3 Å². The van der Waals surface area contributed by atoms with Crippen molar-refractivity contribution in [2.24, 2.45) is 0 Å². The average Bonchev–Trinajstić information content (AvgIpc) is 3.22. The standard InChI is InChI=1S/C24H18ClN3O4S/c1-13-2-6-18-20(10-13)32-23(27-18)16-12-15(4-5-17(16)25)26-24(33)28-22(29)14-3-7-19-21(11-14)31-9-8-30-19/h2-7,10-12H,8-9H2,1H3,(H2,26,28,29,33). The van der Waals surface area contributed by atoms with Gasteiger partial charge < -0.3 is 19.2 Å². The smallest absolute Gasteiger partial charge is 0.257 e. The first-order valence-corrected chi connectivity index (χ1v) is 10.9. The Labute approximate surface area is 199 Å². The van der Waals surface area contributed by atoms with Gasteiger partial charge in [-0.2, -0.15) is 0 Å². The van der Waals surface area contributed by atoms with Gasteiger partial charge in [-0.3, -0.25) is 10.1 Å². The third-order valence-corrected chi connectivity index (χ3v) is 5.56. The van der Waals surface area contributed by atoms with Crippen molar-refractivity contribution in [3.63, 3.8) is 0 Å². The first kappa shape index (κ1) is 21.2. The van der Waals surface area contributed by atoms with Gasteiger partial charge >= 0.3 is 0 Å². The second-order valence-electron chi connectivity index (χ2n) is 7.45. The number of oxazole rings is 1. The molecule has 2 N–H and O–H groups in total. The molecule has 5 rings (SSSR count). The van der Waals surface area contributed by atoms with Gasteiger partial charge in [-0.1, -0.05) is 17.7 Å². The Balaban J connectivity index is 1.32. The van der Waals surface area contributed by atoms with Crippen LogP contribution in [0.2, 0.25) is 5.02 Å². The molecule has 3 aromatic carbocycles. The molecule has 2 heterocycles. The van der Waals surface area contributed by atoms with Crippen molar-refractivity contribution in [2.45, 2.75) is 6.92 Å². The second kappa shape index (κ2) is 8.73. The van der Waals surface area contributed by atoms with Crippen LogP contribution < -0.4 is 20.1 Å². The van der Waals surface area contributed by atoms with Crippen LogP contribution >= 0.6 is 23.8 Å². The summed E-state index contributed by atoms with van der Waals surface area (Å²) in [5.41, 5.74) is 4.14. The lowest BCUT2D eigenvalue weighted by Crippen LogP contribution is -2.34. The third-order valence-electron chi connectivity index (χ3n) is 5.03. The van der Waals surface area contributed by atoms with Gasteiger partial charge in [0.25, 0.3) is 5.91 Å². The molecule has 0 saturated heterocycles. The Morgan fingerprint density at radius 3 is 2.70 bits per heavy atom. The van der Waals surface area contributed by atoms with Crippen LogP contribution in [0.1, 0.15) is 15.9 Å². The molecule has 0 fully saturated rings. The number of carbonyl (C=O) groups excluding carboxylic acids is 1. The van der Waals surface area contributed by atoms with Crippen molar-refractivity contribution in [3.8, 4) is 23.0 Å². The largest absolute Gasteiger partial charge is 0.486 e. The number of carbonyl (C=O) groups is 1. The number of amides is 1. The normalized spacial score (nSPS) is 12.4. The summed E-state index contributed by atoms with van der Waals surface area (Å²) < 4.78 is 16.9. The summed E-state index contributed by atoms with van der Waals surface area (Å²) in [5.74, 6) is 1.17. The van der Waals surface area contributed by atoms with E-state index in [1.807, 2.05) is 25.1 Å². The molecule has 0 spiro atoms. The molecule has 9 heteroatoms. The van der Waals surface area contributed by atoms with Crippen LogP contribution in [0, 0.1) is 6.92 Å². The Morgan fingerprint density at radius 2 is 1.85 bits per heavy atom. The van der Waals surface area contributed by atoms with Crippen molar-refractivity contribution < 1.29 is 18.7 Å². The minimum absolute atomic E-state index is 0.136. The van der Waals surface area contributed by atoms with E-state index in [1.54, 1.807) is 36.4 Å². The summed E-state index contributed by atoms with van der Waals surface area (Å²) >= 11 is 11.7. The maximum absolute atomic E-state index is 12.6. The van der Waals surface area contributed by atoms with E-state index >= 15 is 0 Å². The summed E-state index contributed by atoms with van der Waals surface area (Å²) in [7, 11) is 0. The summed E-state index contributed by atoms with van der Waals surface area (Å²) in [6.07, 6.45) is 0. The molecule has 4 aromatic rings. The molecular weight excluding hydrogens is 462 g/mol. The molecule has 33 heavy (non-hydrogen) atoms. The van der Waals surface area contributed by atoms with E-state index in [2.05, 4.69) is 15.6 Å². The lowest BCUT2D eigenvalue weighted by atomic mass is 10.2. The fourth-order valence-electron chi connectivity index (χ4n) is 3.44. The van der Waals surface area contributed by atoms with Crippen LogP contribution in [0.3, 0.4) is 0 Å². The number of halogens is 1. The van der Waals surface area contributed by atoms with E-state index in [0.29, 0.717) is 58.0 Å². The number of rotatable bonds is 3. The van der Waals surface area contributed by atoms with Crippen LogP contribution in [0.5, 0.6) is 11.5 Å². The summed E-state index contributed by atoms with van der Waals surface area (Å²) in [6, 6.07) is 16.0. The highest BCUT2D eigenvalue weighted by atomic mass is 35.5. The Morgan fingerprint density at radius 1 is 1.03 bits per heavy atom. The highest BCUT2D eigenvalue weighted by Gasteiger charge is 2.17. The molecule has 0 bridgehead atoms. The Kier molecular flexibility index (Phi) is 5.62. The molecule has 0 unspecified atom stereocenters. The van der Waals surface area contributed by atoms with Gasteiger partial charge in [0.05, 0.1) is 10.6 Å². The molecule has 0 atom stereocenters. The molecule has 0 aliphatic carbocycles. The monoisotopic (exact) mass is 479 g/mol. The first-order valence-electron chi connectivity index (χ1n) is 10.2.